The number of hydrogen-bond acceptors (Lipinski definition) is 2. The van der Waals surface area contributed by atoms with Crippen molar-refractivity contribution in [2.75, 3.05) is 4.90 Å². The molecule has 0 unspecified atom stereocenters. The fraction of sp³-hybridized carbons (Fsp3) is 0.333. The summed E-state index contributed by atoms with van der Waals surface area (Å²) in [6.07, 6.45) is 5.13. The predicted molar refractivity (Wildman–Crippen MR) is 79.4 cm³/mol. The van der Waals surface area contributed by atoms with Crippen molar-refractivity contribution >= 4 is 45.0 Å². The molecule has 1 saturated carbocycles. The van der Waals surface area contributed by atoms with E-state index in [1.54, 1.807) is 18.2 Å². The molecule has 102 valence electrons. The Hall–Kier alpha value is -1.13. The van der Waals surface area contributed by atoms with Crippen LogP contribution in [0.5, 0.6) is 0 Å². The lowest BCUT2D eigenvalue weighted by Crippen LogP contribution is -2.32. The second-order valence-electron chi connectivity index (χ2n) is 5.61. The first-order valence-corrected chi connectivity index (χ1v) is 7.76. The number of halogens is 2. The van der Waals surface area contributed by atoms with Crippen molar-refractivity contribution < 1.29 is 9.59 Å². The molecule has 5 heteroatoms. The first-order chi connectivity index (χ1) is 9.58. The number of imide groups is 1. The van der Waals surface area contributed by atoms with Crippen LogP contribution in [0.1, 0.15) is 6.42 Å². The first kappa shape index (κ1) is 12.6. The lowest BCUT2D eigenvalue weighted by molar-refractivity contribution is -0.123. The number of carbonyl (C=O) groups excluding carboxylic acids is 2. The van der Waals surface area contributed by atoms with Crippen molar-refractivity contribution in [2.24, 2.45) is 23.7 Å². The van der Waals surface area contributed by atoms with E-state index < -0.39 is 0 Å². The third kappa shape index (κ3) is 1.52. The molecule has 20 heavy (non-hydrogen) atoms. The quantitative estimate of drug-likeness (QED) is 0.574. The molecule has 3 aliphatic rings. The van der Waals surface area contributed by atoms with Crippen molar-refractivity contribution in [2.45, 2.75) is 6.42 Å². The van der Waals surface area contributed by atoms with Gasteiger partial charge in [0.2, 0.25) is 11.8 Å². The maximum Gasteiger partial charge on any atom is 0.238 e. The number of amides is 2. The van der Waals surface area contributed by atoms with E-state index in [1.165, 1.54) is 4.90 Å². The van der Waals surface area contributed by atoms with E-state index in [4.69, 9.17) is 11.6 Å². The summed E-state index contributed by atoms with van der Waals surface area (Å²) in [6.45, 7) is 0. The third-order valence-electron chi connectivity index (χ3n) is 4.63. The summed E-state index contributed by atoms with van der Waals surface area (Å²) in [6, 6.07) is 5.18. The van der Waals surface area contributed by atoms with Gasteiger partial charge in [0.1, 0.15) is 0 Å². The van der Waals surface area contributed by atoms with Gasteiger partial charge in [0.05, 0.1) is 22.5 Å². The third-order valence-corrected chi connectivity index (χ3v) is 5.86. The minimum Gasteiger partial charge on any atom is -0.274 e. The standard InChI is InChI=1S/C15H11BrClNO2/c16-10-4-3-9(6-11(10)17)18-14(19)12-7-1-2-8(5-7)13(12)15(18)20/h1-4,6-8,12-13H,5H2/t7-,8-,12-,13+/m1/s1. The maximum absolute atomic E-state index is 12.6. The number of benzene rings is 1. The first-order valence-electron chi connectivity index (χ1n) is 6.59. The molecule has 2 amide bonds. The van der Waals surface area contributed by atoms with Gasteiger partial charge in [0, 0.05) is 4.47 Å². The van der Waals surface area contributed by atoms with E-state index in [0.29, 0.717) is 10.7 Å². The highest BCUT2D eigenvalue weighted by atomic mass is 79.9. The molecule has 2 bridgehead atoms. The SMILES string of the molecule is O=C1[C@@H]2[C@H](C(=O)N1c1ccc(Br)c(Cl)c1)[C@@H]1C=C[C@@H]2C1. The van der Waals surface area contributed by atoms with Gasteiger partial charge in [0.25, 0.3) is 0 Å². The minimum absolute atomic E-state index is 0.0739. The van der Waals surface area contributed by atoms with Gasteiger partial charge in [-0.25, -0.2) is 4.90 Å². The van der Waals surface area contributed by atoms with Gasteiger partial charge in [-0.15, -0.1) is 0 Å². The summed E-state index contributed by atoms with van der Waals surface area (Å²) in [7, 11) is 0. The largest absolute Gasteiger partial charge is 0.274 e. The fourth-order valence-corrected chi connectivity index (χ4v) is 4.20. The van der Waals surface area contributed by atoms with Crippen LogP contribution in [-0.4, -0.2) is 11.8 Å². The van der Waals surface area contributed by atoms with E-state index in [1.807, 2.05) is 0 Å². The Morgan fingerprint density at radius 1 is 1.10 bits per heavy atom. The van der Waals surface area contributed by atoms with Crippen LogP contribution in [0.25, 0.3) is 0 Å². The molecule has 2 fully saturated rings. The molecular weight excluding hydrogens is 342 g/mol. The molecule has 3 nitrogen and oxygen atoms in total. The number of fused-ring (bicyclic) bond motifs is 5. The molecule has 0 spiro atoms. The van der Waals surface area contributed by atoms with Crippen LogP contribution in [-0.2, 0) is 9.59 Å². The Bertz CT molecular complexity index is 642. The normalized spacial score (nSPS) is 34.2. The topological polar surface area (TPSA) is 37.4 Å². The summed E-state index contributed by atoms with van der Waals surface area (Å²) in [5.74, 6) is -0.0138. The molecule has 1 heterocycles. The Morgan fingerprint density at radius 3 is 2.25 bits per heavy atom. The average molecular weight is 353 g/mol. The molecule has 0 N–H and O–H groups in total. The molecule has 0 aromatic heterocycles. The number of carbonyl (C=O) groups is 2. The van der Waals surface area contributed by atoms with Crippen LogP contribution in [0.2, 0.25) is 5.02 Å². The van der Waals surface area contributed by atoms with Gasteiger partial charge in [-0.2, -0.15) is 0 Å². The molecule has 4 rings (SSSR count). The van der Waals surface area contributed by atoms with E-state index in [-0.39, 0.29) is 35.5 Å². The monoisotopic (exact) mass is 351 g/mol. The minimum atomic E-state index is -0.167. The van der Waals surface area contributed by atoms with Gasteiger partial charge < -0.3 is 0 Å². The highest BCUT2D eigenvalue weighted by Gasteiger charge is 2.59. The molecule has 1 saturated heterocycles. The van der Waals surface area contributed by atoms with E-state index in [2.05, 4.69) is 28.1 Å². The number of nitrogens with zero attached hydrogens (tertiary/aromatic N) is 1. The Morgan fingerprint density at radius 2 is 1.70 bits per heavy atom. The van der Waals surface area contributed by atoms with Crippen molar-refractivity contribution in [3.63, 3.8) is 0 Å². The zero-order chi connectivity index (χ0) is 14.0. The van der Waals surface area contributed by atoms with Gasteiger partial charge in [-0.1, -0.05) is 23.8 Å². The summed E-state index contributed by atoms with van der Waals surface area (Å²) < 4.78 is 0.754. The number of allylic oxidation sites excluding steroid dienone is 2. The van der Waals surface area contributed by atoms with Crippen molar-refractivity contribution in [1.29, 1.82) is 0 Å². The van der Waals surface area contributed by atoms with E-state index in [9.17, 15) is 9.59 Å². The van der Waals surface area contributed by atoms with Crippen molar-refractivity contribution in [3.8, 4) is 0 Å². The zero-order valence-corrected chi connectivity index (χ0v) is 12.8. The predicted octanol–water partition coefficient (Wildman–Crippen LogP) is 3.41. The van der Waals surface area contributed by atoms with Crippen LogP contribution >= 0.6 is 27.5 Å². The van der Waals surface area contributed by atoms with Gasteiger partial charge >= 0.3 is 0 Å². The second-order valence-corrected chi connectivity index (χ2v) is 6.87. The Kier molecular flexibility index (Phi) is 2.63. The molecule has 1 aliphatic heterocycles. The fourth-order valence-electron chi connectivity index (χ4n) is 3.78. The summed E-state index contributed by atoms with van der Waals surface area (Å²) in [5.41, 5.74) is 0.571. The van der Waals surface area contributed by atoms with Crippen LogP contribution in [0.3, 0.4) is 0 Å². The second kappa shape index (κ2) is 4.18. The molecular formula is C15H11BrClNO2. The molecule has 0 radical (unpaired) electrons. The summed E-state index contributed by atoms with van der Waals surface area (Å²) >= 11 is 9.39. The van der Waals surface area contributed by atoms with Crippen LogP contribution in [0.15, 0.2) is 34.8 Å². The van der Waals surface area contributed by atoms with E-state index >= 15 is 0 Å². The molecule has 1 aromatic carbocycles. The van der Waals surface area contributed by atoms with Gasteiger partial charge in [-0.05, 0) is 52.4 Å². The van der Waals surface area contributed by atoms with E-state index in [0.717, 1.165) is 10.9 Å². The molecule has 1 aromatic rings. The Balaban J connectivity index is 1.76. The van der Waals surface area contributed by atoms with Crippen LogP contribution < -0.4 is 4.90 Å². The van der Waals surface area contributed by atoms with Crippen LogP contribution in [0.4, 0.5) is 5.69 Å². The van der Waals surface area contributed by atoms with Crippen molar-refractivity contribution in [3.05, 3.63) is 39.8 Å². The number of hydrogen-bond donors (Lipinski definition) is 0. The summed E-state index contributed by atoms with van der Waals surface area (Å²) in [4.78, 5) is 26.5. The lowest BCUT2D eigenvalue weighted by Gasteiger charge is -2.17. The van der Waals surface area contributed by atoms with Gasteiger partial charge in [0.15, 0.2) is 0 Å². The molecule has 4 atom stereocenters. The summed E-state index contributed by atoms with van der Waals surface area (Å²) in [5, 5.41) is 0.501. The highest BCUT2D eigenvalue weighted by Crippen LogP contribution is 2.53. The van der Waals surface area contributed by atoms with Crippen molar-refractivity contribution in [1.82, 2.24) is 0 Å². The van der Waals surface area contributed by atoms with Crippen LogP contribution in [0, 0.1) is 23.7 Å². The maximum atomic E-state index is 12.6. The highest BCUT2D eigenvalue weighted by molar-refractivity contribution is 9.10. The Labute approximate surface area is 129 Å². The molecule has 2 aliphatic carbocycles. The lowest BCUT2D eigenvalue weighted by atomic mass is 9.85. The number of anilines is 1. The zero-order valence-electron chi connectivity index (χ0n) is 10.4. The average Bonchev–Trinajstić information content (AvgIpc) is 3.08. The smallest absolute Gasteiger partial charge is 0.238 e. The van der Waals surface area contributed by atoms with Gasteiger partial charge in [-0.3, -0.25) is 9.59 Å². The number of rotatable bonds is 1.